The summed E-state index contributed by atoms with van der Waals surface area (Å²) in [6.45, 7) is 2.15. The molecule has 0 bridgehead atoms. The van der Waals surface area contributed by atoms with E-state index in [0.717, 1.165) is 24.0 Å². The Morgan fingerprint density at radius 1 is 1.22 bits per heavy atom. The molecule has 0 aliphatic heterocycles. The number of benzene rings is 1. The summed E-state index contributed by atoms with van der Waals surface area (Å²) in [5, 5.41) is 10.7. The molecule has 0 spiro atoms. The number of aryl methyl sites for hydroxylation is 1. The molecule has 1 aromatic carbocycles. The van der Waals surface area contributed by atoms with Gasteiger partial charge < -0.3 is 5.11 Å². The molecule has 1 atom stereocenters. The molecule has 1 unspecified atom stereocenters. The van der Waals surface area contributed by atoms with E-state index in [1.54, 1.807) is 18.3 Å². The largest absolute Gasteiger partial charge is 0.384 e. The van der Waals surface area contributed by atoms with Crippen LogP contribution in [0.2, 0.25) is 5.15 Å². The summed E-state index contributed by atoms with van der Waals surface area (Å²) < 4.78 is 0. The zero-order chi connectivity index (χ0) is 13.0. The van der Waals surface area contributed by atoms with Crippen molar-refractivity contribution in [1.29, 1.82) is 0 Å². The Morgan fingerprint density at radius 3 is 2.72 bits per heavy atom. The molecule has 1 heterocycles. The SMILES string of the molecule is CCCc1cccc(C(O)c2ccc(Cl)nc2)c1. The van der Waals surface area contributed by atoms with Crippen molar-refractivity contribution < 1.29 is 5.11 Å². The summed E-state index contributed by atoms with van der Waals surface area (Å²) in [5.74, 6) is 0. The Kier molecular flexibility index (Phi) is 4.34. The maximum atomic E-state index is 10.3. The van der Waals surface area contributed by atoms with Crippen LogP contribution in [0.15, 0.2) is 42.6 Å². The zero-order valence-electron chi connectivity index (χ0n) is 10.3. The van der Waals surface area contributed by atoms with Crippen LogP contribution in [-0.2, 0) is 6.42 Å². The Bertz CT molecular complexity index is 510. The van der Waals surface area contributed by atoms with E-state index in [0.29, 0.717) is 5.15 Å². The number of aliphatic hydroxyl groups excluding tert-OH is 1. The number of halogens is 1. The van der Waals surface area contributed by atoms with E-state index in [2.05, 4.69) is 18.0 Å². The lowest BCUT2D eigenvalue weighted by atomic mass is 9.99. The lowest BCUT2D eigenvalue weighted by Gasteiger charge is -2.12. The number of aliphatic hydroxyl groups is 1. The smallest absolute Gasteiger partial charge is 0.129 e. The molecule has 18 heavy (non-hydrogen) atoms. The van der Waals surface area contributed by atoms with Gasteiger partial charge in [0, 0.05) is 11.8 Å². The molecule has 94 valence electrons. The van der Waals surface area contributed by atoms with Gasteiger partial charge in [-0.25, -0.2) is 4.98 Å². The van der Waals surface area contributed by atoms with Gasteiger partial charge in [-0.2, -0.15) is 0 Å². The standard InChI is InChI=1S/C15H16ClNO/c1-2-4-11-5-3-6-12(9-11)15(18)13-7-8-14(16)17-10-13/h3,5-10,15,18H,2,4H2,1H3. The second-order valence-corrected chi connectivity index (χ2v) is 4.70. The van der Waals surface area contributed by atoms with Crippen molar-refractivity contribution in [2.45, 2.75) is 25.9 Å². The Balaban J connectivity index is 2.24. The summed E-state index contributed by atoms with van der Waals surface area (Å²) in [7, 11) is 0. The molecule has 2 rings (SSSR count). The molecule has 1 aromatic heterocycles. The maximum absolute atomic E-state index is 10.3. The van der Waals surface area contributed by atoms with Gasteiger partial charge in [0.2, 0.25) is 0 Å². The minimum Gasteiger partial charge on any atom is -0.384 e. The van der Waals surface area contributed by atoms with E-state index in [1.165, 1.54) is 5.56 Å². The molecule has 0 aliphatic rings. The fraction of sp³-hybridized carbons (Fsp3) is 0.267. The lowest BCUT2D eigenvalue weighted by Crippen LogP contribution is -2.01. The van der Waals surface area contributed by atoms with Gasteiger partial charge in [-0.15, -0.1) is 0 Å². The Labute approximate surface area is 112 Å². The van der Waals surface area contributed by atoms with Crippen molar-refractivity contribution in [1.82, 2.24) is 4.98 Å². The average Bonchev–Trinajstić information content (AvgIpc) is 2.39. The summed E-state index contributed by atoms with van der Waals surface area (Å²) >= 11 is 5.74. The number of nitrogens with zero attached hydrogens (tertiary/aromatic N) is 1. The van der Waals surface area contributed by atoms with Crippen LogP contribution in [0.1, 0.15) is 36.1 Å². The van der Waals surface area contributed by atoms with Gasteiger partial charge in [0.15, 0.2) is 0 Å². The van der Waals surface area contributed by atoms with Gasteiger partial charge in [0.25, 0.3) is 0 Å². The van der Waals surface area contributed by atoms with E-state index < -0.39 is 6.10 Å². The Morgan fingerprint density at radius 2 is 2.06 bits per heavy atom. The van der Waals surface area contributed by atoms with Gasteiger partial charge in [-0.05, 0) is 23.6 Å². The predicted octanol–water partition coefficient (Wildman–Crippen LogP) is 3.77. The fourth-order valence-electron chi connectivity index (χ4n) is 1.95. The number of rotatable bonds is 4. The first-order valence-electron chi connectivity index (χ1n) is 6.09. The van der Waals surface area contributed by atoms with Gasteiger partial charge in [0.1, 0.15) is 11.3 Å². The lowest BCUT2D eigenvalue weighted by molar-refractivity contribution is 0.220. The predicted molar refractivity (Wildman–Crippen MR) is 73.7 cm³/mol. The molecular formula is C15H16ClNO. The third-order valence-electron chi connectivity index (χ3n) is 2.87. The van der Waals surface area contributed by atoms with Crippen molar-refractivity contribution in [2.75, 3.05) is 0 Å². The minimum atomic E-state index is -0.647. The van der Waals surface area contributed by atoms with Gasteiger partial charge in [0.05, 0.1) is 0 Å². The van der Waals surface area contributed by atoms with Crippen molar-refractivity contribution in [2.24, 2.45) is 0 Å². The fourth-order valence-corrected chi connectivity index (χ4v) is 2.06. The minimum absolute atomic E-state index is 0.436. The van der Waals surface area contributed by atoms with Crippen LogP contribution in [0, 0.1) is 0 Å². The highest BCUT2D eigenvalue weighted by atomic mass is 35.5. The molecule has 0 radical (unpaired) electrons. The van der Waals surface area contributed by atoms with E-state index >= 15 is 0 Å². The van der Waals surface area contributed by atoms with Crippen molar-refractivity contribution in [3.05, 3.63) is 64.4 Å². The van der Waals surface area contributed by atoms with Crippen LogP contribution in [0.3, 0.4) is 0 Å². The van der Waals surface area contributed by atoms with Gasteiger partial charge >= 0.3 is 0 Å². The third-order valence-corrected chi connectivity index (χ3v) is 3.10. The summed E-state index contributed by atoms with van der Waals surface area (Å²) in [6.07, 6.45) is 3.09. The van der Waals surface area contributed by atoms with Crippen LogP contribution >= 0.6 is 11.6 Å². The topological polar surface area (TPSA) is 33.1 Å². The summed E-state index contributed by atoms with van der Waals surface area (Å²) in [6, 6.07) is 11.5. The highest BCUT2D eigenvalue weighted by molar-refractivity contribution is 6.29. The summed E-state index contributed by atoms with van der Waals surface area (Å²) in [5.41, 5.74) is 2.90. The second kappa shape index (κ2) is 5.98. The molecule has 0 aliphatic carbocycles. The van der Waals surface area contributed by atoms with Crippen LogP contribution in [-0.4, -0.2) is 10.1 Å². The first-order chi connectivity index (χ1) is 8.70. The first kappa shape index (κ1) is 13.1. The number of hydrogen-bond acceptors (Lipinski definition) is 2. The highest BCUT2D eigenvalue weighted by Gasteiger charge is 2.11. The molecule has 0 fully saturated rings. The van der Waals surface area contributed by atoms with Crippen LogP contribution in [0.5, 0.6) is 0 Å². The monoisotopic (exact) mass is 261 g/mol. The third kappa shape index (κ3) is 3.09. The summed E-state index contributed by atoms with van der Waals surface area (Å²) in [4.78, 5) is 3.99. The molecule has 2 aromatic rings. The average molecular weight is 262 g/mol. The molecule has 1 N–H and O–H groups in total. The van der Waals surface area contributed by atoms with Crippen molar-refractivity contribution in [3.8, 4) is 0 Å². The number of pyridine rings is 1. The van der Waals surface area contributed by atoms with E-state index in [4.69, 9.17) is 11.6 Å². The van der Waals surface area contributed by atoms with Crippen LogP contribution in [0.4, 0.5) is 0 Å². The van der Waals surface area contributed by atoms with Gasteiger partial charge in [-0.3, -0.25) is 0 Å². The Hall–Kier alpha value is -1.38. The molecule has 3 heteroatoms. The quantitative estimate of drug-likeness (QED) is 0.850. The van der Waals surface area contributed by atoms with Gasteiger partial charge in [-0.1, -0.05) is 55.3 Å². The van der Waals surface area contributed by atoms with Crippen LogP contribution < -0.4 is 0 Å². The normalized spacial score (nSPS) is 12.4. The molecule has 0 saturated heterocycles. The van der Waals surface area contributed by atoms with Crippen LogP contribution in [0.25, 0.3) is 0 Å². The number of aromatic nitrogens is 1. The molecular weight excluding hydrogens is 246 g/mol. The van der Waals surface area contributed by atoms with E-state index in [9.17, 15) is 5.11 Å². The zero-order valence-corrected chi connectivity index (χ0v) is 11.1. The van der Waals surface area contributed by atoms with E-state index in [-0.39, 0.29) is 0 Å². The first-order valence-corrected chi connectivity index (χ1v) is 6.47. The molecule has 0 saturated carbocycles. The van der Waals surface area contributed by atoms with Crippen molar-refractivity contribution in [3.63, 3.8) is 0 Å². The molecule has 0 amide bonds. The second-order valence-electron chi connectivity index (χ2n) is 4.31. The number of hydrogen-bond donors (Lipinski definition) is 1. The highest BCUT2D eigenvalue weighted by Crippen LogP contribution is 2.23. The maximum Gasteiger partial charge on any atom is 0.129 e. The molecule has 2 nitrogen and oxygen atoms in total. The van der Waals surface area contributed by atoms with E-state index in [1.807, 2.05) is 18.2 Å². The van der Waals surface area contributed by atoms with Crippen molar-refractivity contribution >= 4 is 11.6 Å².